The Kier molecular flexibility index (Phi) is 8.66. The second-order valence-corrected chi connectivity index (χ2v) is 11.3. The molecule has 9 nitrogen and oxygen atoms in total. The van der Waals surface area contributed by atoms with Crippen LogP contribution < -0.4 is 14.8 Å². The van der Waals surface area contributed by atoms with Crippen LogP contribution in [0, 0.1) is 5.82 Å². The van der Waals surface area contributed by atoms with E-state index in [1.807, 2.05) is 6.07 Å². The van der Waals surface area contributed by atoms with E-state index in [2.05, 4.69) is 47.7 Å². The third-order valence-corrected chi connectivity index (χ3v) is 8.17. The Labute approximate surface area is 238 Å². The molecular weight excluding hydrogens is 628 g/mol. The molecule has 2 aromatic carbocycles. The van der Waals surface area contributed by atoms with Gasteiger partial charge in [-0.1, -0.05) is 34.2 Å². The number of hydrogen-bond acceptors (Lipinski definition) is 9. The number of aromatic nitrogens is 2. The van der Waals surface area contributed by atoms with Crippen LogP contribution >= 0.6 is 34.2 Å². The van der Waals surface area contributed by atoms with Crippen LogP contribution in [0.4, 0.5) is 15.9 Å². The summed E-state index contributed by atoms with van der Waals surface area (Å²) in [4.78, 5) is 25.2. The molecule has 3 aromatic rings. The van der Waals surface area contributed by atoms with Crippen molar-refractivity contribution in [2.75, 3.05) is 51.8 Å². The Morgan fingerprint density at radius 2 is 2.11 bits per heavy atom. The quantitative estimate of drug-likeness (QED) is 0.212. The highest BCUT2D eigenvalue weighted by Crippen LogP contribution is 2.35. The minimum absolute atomic E-state index is 0.0189. The Morgan fingerprint density at radius 1 is 1.24 bits per heavy atom. The van der Waals surface area contributed by atoms with E-state index in [9.17, 15) is 9.18 Å². The van der Waals surface area contributed by atoms with Gasteiger partial charge in [0.2, 0.25) is 0 Å². The first-order chi connectivity index (χ1) is 18.4. The minimum atomic E-state index is -0.490. The highest BCUT2D eigenvalue weighted by molar-refractivity contribution is 14.1. The standard InChI is InChI=1S/C26H28ClFIN5O4/c1-36-22-13-21-18(26(31-15-30-21)32-17-2-3-20(28)19(27)11-17)12-23(22)37-8-6-33-5-4-16(29)10-24(33)34-7-9-38-25(35)14-34/h2-3,11-13,15-16,24H,4-10,14H2,1H3,(H,30,31,32). The van der Waals surface area contributed by atoms with Crippen molar-refractivity contribution >= 4 is 62.6 Å². The molecule has 2 unspecified atom stereocenters. The zero-order valence-electron chi connectivity index (χ0n) is 20.8. The summed E-state index contributed by atoms with van der Waals surface area (Å²) in [6, 6.07) is 8.04. The number of nitrogens with one attached hydrogen (secondary N) is 1. The summed E-state index contributed by atoms with van der Waals surface area (Å²) < 4.78 is 31.1. The van der Waals surface area contributed by atoms with Crippen molar-refractivity contribution in [2.45, 2.75) is 22.9 Å². The van der Waals surface area contributed by atoms with Crippen LogP contribution in [0.25, 0.3) is 10.9 Å². The van der Waals surface area contributed by atoms with E-state index in [-0.39, 0.29) is 17.2 Å². The van der Waals surface area contributed by atoms with Crippen LogP contribution in [0.1, 0.15) is 12.8 Å². The molecule has 0 radical (unpaired) electrons. The van der Waals surface area contributed by atoms with Gasteiger partial charge in [-0.15, -0.1) is 0 Å². The van der Waals surface area contributed by atoms with E-state index < -0.39 is 5.82 Å². The summed E-state index contributed by atoms with van der Waals surface area (Å²) in [5.41, 5.74) is 1.27. The van der Waals surface area contributed by atoms with Gasteiger partial charge in [0.05, 0.1) is 30.4 Å². The van der Waals surface area contributed by atoms with Gasteiger partial charge in [0.15, 0.2) is 11.5 Å². The number of halogens is 3. The van der Waals surface area contributed by atoms with E-state index in [4.69, 9.17) is 25.8 Å². The SMILES string of the molecule is COc1cc2ncnc(Nc3ccc(F)c(Cl)c3)c2cc1OCCN1CCC(I)CC1N1CCOC(=O)C1. The number of carbonyl (C=O) groups is 1. The summed E-state index contributed by atoms with van der Waals surface area (Å²) >= 11 is 8.45. The molecule has 2 aliphatic heterocycles. The summed E-state index contributed by atoms with van der Waals surface area (Å²) in [6.45, 7) is 3.56. The first kappa shape index (κ1) is 27.1. The zero-order valence-corrected chi connectivity index (χ0v) is 23.7. The molecule has 1 aromatic heterocycles. The van der Waals surface area contributed by atoms with Crippen LogP contribution in [0.15, 0.2) is 36.7 Å². The lowest BCUT2D eigenvalue weighted by atomic mass is 10.1. The highest BCUT2D eigenvalue weighted by atomic mass is 127. The highest BCUT2D eigenvalue weighted by Gasteiger charge is 2.34. The second kappa shape index (κ2) is 12.1. The monoisotopic (exact) mass is 655 g/mol. The maximum absolute atomic E-state index is 13.6. The zero-order chi connectivity index (χ0) is 26.6. The normalized spacial score (nSPS) is 20.8. The lowest BCUT2D eigenvalue weighted by Crippen LogP contribution is -2.57. The molecule has 38 heavy (non-hydrogen) atoms. The van der Waals surface area contributed by atoms with Gasteiger partial charge in [-0.3, -0.25) is 14.6 Å². The van der Waals surface area contributed by atoms with Gasteiger partial charge < -0.3 is 19.5 Å². The summed E-state index contributed by atoms with van der Waals surface area (Å²) in [5.74, 6) is 1.00. The average molecular weight is 656 g/mol. The third kappa shape index (κ3) is 6.22. The van der Waals surface area contributed by atoms with Crippen LogP contribution in [0.5, 0.6) is 11.5 Å². The van der Waals surface area contributed by atoms with Crippen LogP contribution in [0.2, 0.25) is 5.02 Å². The molecule has 0 spiro atoms. The van der Waals surface area contributed by atoms with E-state index in [1.165, 1.54) is 18.5 Å². The fourth-order valence-electron chi connectivity index (χ4n) is 4.83. The minimum Gasteiger partial charge on any atom is -0.493 e. The number of likely N-dealkylation sites (tertiary alicyclic amines) is 1. The number of fused-ring (bicyclic) bond motifs is 1. The van der Waals surface area contributed by atoms with Crippen molar-refractivity contribution in [3.63, 3.8) is 0 Å². The first-order valence-electron chi connectivity index (χ1n) is 12.4. The second-order valence-electron chi connectivity index (χ2n) is 9.17. The van der Waals surface area contributed by atoms with Crippen molar-refractivity contribution in [1.82, 2.24) is 19.8 Å². The number of ether oxygens (including phenoxy) is 3. The van der Waals surface area contributed by atoms with Crippen molar-refractivity contribution in [1.29, 1.82) is 0 Å². The van der Waals surface area contributed by atoms with E-state index in [0.29, 0.717) is 58.7 Å². The summed E-state index contributed by atoms with van der Waals surface area (Å²) in [5, 5.41) is 3.93. The number of piperidine rings is 1. The number of methoxy groups -OCH3 is 1. The van der Waals surface area contributed by atoms with Crippen molar-refractivity contribution in [2.24, 2.45) is 0 Å². The first-order valence-corrected chi connectivity index (χ1v) is 14.0. The lowest BCUT2D eigenvalue weighted by molar-refractivity contribution is -0.155. The molecule has 0 aliphatic carbocycles. The molecule has 2 fully saturated rings. The molecule has 5 rings (SSSR count). The van der Waals surface area contributed by atoms with E-state index in [1.54, 1.807) is 19.2 Å². The van der Waals surface area contributed by atoms with Crippen LogP contribution in [-0.4, -0.2) is 82.3 Å². The largest absolute Gasteiger partial charge is 0.493 e. The Morgan fingerprint density at radius 3 is 2.89 bits per heavy atom. The number of nitrogens with zero attached hydrogens (tertiary/aromatic N) is 4. The van der Waals surface area contributed by atoms with Gasteiger partial charge in [0.25, 0.3) is 0 Å². The maximum atomic E-state index is 13.6. The van der Waals surface area contributed by atoms with Gasteiger partial charge >= 0.3 is 5.97 Å². The third-order valence-electron chi connectivity index (χ3n) is 6.75. The average Bonchev–Trinajstić information content (AvgIpc) is 2.91. The summed E-state index contributed by atoms with van der Waals surface area (Å²) in [7, 11) is 1.59. The van der Waals surface area contributed by atoms with E-state index >= 15 is 0 Å². The Hall–Kier alpha value is -2.48. The number of hydrogen-bond donors (Lipinski definition) is 1. The van der Waals surface area contributed by atoms with Gasteiger partial charge in [-0.2, -0.15) is 0 Å². The Bertz CT molecular complexity index is 1320. The number of anilines is 2. The predicted molar refractivity (Wildman–Crippen MR) is 151 cm³/mol. The van der Waals surface area contributed by atoms with Crippen molar-refractivity contribution in [3.8, 4) is 11.5 Å². The molecule has 2 saturated heterocycles. The number of benzene rings is 2. The molecule has 202 valence electrons. The number of rotatable bonds is 8. The topological polar surface area (TPSA) is 89.1 Å². The van der Waals surface area contributed by atoms with Crippen LogP contribution in [0.3, 0.4) is 0 Å². The molecule has 2 aliphatic rings. The fraction of sp³-hybridized carbons (Fsp3) is 0.423. The maximum Gasteiger partial charge on any atom is 0.320 e. The van der Waals surface area contributed by atoms with Crippen molar-refractivity contribution in [3.05, 3.63) is 47.5 Å². The van der Waals surface area contributed by atoms with Gasteiger partial charge in [0.1, 0.15) is 31.2 Å². The van der Waals surface area contributed by atoms with E-state index in [0.717, 1.165) is 31.3 Å². The van der Waals surface area contributed by atoms with Crippen LogP contribution in [-0.2, 0) is 9.53 Å². The number of alkyl halides is 1. The molecule has 1 N–H and O–H groups in total. The smallest absolute Gasteiger partial charge is 0.320 e. The Balaban J connectivity index is 1.32. The molecule has 0 saturated carbocycles. The number of cyclic esters (lactones) is 1. The molecular formula is C26H28ClFIN5O4. The van der Waals surface area contributed by atoms with Gasteiger partial charge in [-0.05, 0) is 37.1 Å². The molecule has 12 heteroatoms. The summed E-state index contributed by atoms with van der Waals surface area (Å²) in [6.07, 6.45) is 3.71. The molecule has 0 amide bonds. The number of morpholine rings is 1. The van der Waals surface area contributed by atoms with Crippen molar-refractivity contribution < 1.29 is 23.4 Å². The fourth-order valence-corrected chi connectivity index (χ4v) is 5.75. The number of carbonyl (C=O) groups excluding carboxylic acids is 1. The van der Waals surface area contributed by atoms with Gasteiger partial charge in [-0.25, -0.2) is 14.4 Å². The number of esters is 1. The molecule has 0 bridgehead atoms. The molecule has 3 heterocycles. The lowest BCUT2D eigenvalue weighted by Gasteiger charge is -2.44. The molecule has 2 atom stereocenters. The van der Waals surface area contributed by atoms with Gasteiger partial charge in [0, 0.05) is 40.7 Å². The predicted octanol–water partition coefficient (Wildman–Crippen LogP) is 4.64.